The van der Waals surface area contributed by atoms with Gasteiger partial charge in [-0.15, -0.1) is 5.06 Å². The van der Waals surface area contributed by atoms with E-state index in [1.165, 1.54) is 18.2 Å². The Morgan fingerprint density at radius 1 is 1.37 bits per heavy atom. The lowest BCUT2D eigenvalue weighted by atomic mass is 10.1. The average molecular weight is 445 g/mol. The summed E-state index contributed by atoms with van der Waals surface area (Å²) < 4.78 is 31.0. The van der Waals surface area contributed by atoms with Crippen LogP contribution in [0.1, 0.15) is 30.4 Å². The van der Waals surface area contributed by atoms with E-state index in [2.05, 4.69) is 10.2 Å². The fourth-order valence-electron chi connectivity index (χ4n) is 2.70. The van der Waals surface area contributed by atoms with Gasteiger partial charge in [-0.05, 0) is 24.6 Å². The molecule has 164 valence electrons. The highest BCUT2D eigenvalue weighted by atomic mass is 32.2. The predicted molar refractivity (Wildman–Crippen MR) is 97.9 cm³/mol. The Labute approximate surface area is 170 Å². The lowest BCUT2D eigenvalue weighted by molar-refractivity contribution is -0.385. The minimum absolute atomic E-state index is 0.0431. The summed E-state index contributed by atoms with van der Waals surface area (Å²) in [6.07, 6.45) is -0.753. The number of amides is 2. The topological polar surface area (TPSA) is 193 Å². The molecule has 1 fully saturated rings. The number of carbonyl (C=O) groups excluding carboxylic acids is 3. The molecule has 2 amide bonds. The number of hydrogen-bond acceptors (Lipinski definition) is 10. The first-order valence-corrected chi connectivity index (χ1v) is 10.2. The number of aliphatic hydroxyl groups excluding tert-OH is 1. The van der Waals surface area contributed by atoms with E-state index in [0.717, 1.165) is 0 Å². The number of benzene rings is 1. The zero-order valence-corrected chi connectivity index (χ0v) is 16.3. The second-order valence-electron chi connectivity index (χ2n) is 6.36. The summed E-state index contributed by atoms with van der Waals surface area (Å²) in [4.78, 5) is 50.0. The van der Waals surface area contributed by atoms with Crippen molar-refractivity contribution in [1.82, 2.24) is 10.4 Å². The van der Waals surface area contributed by atoms with Gasteiger partial charge >= 0.3 is 5.97 Å². The third-order valence-corrected chi connectivity index (χ3v) is 5.28. The third kappa shape index (κ3) is 5.79. The van der Waals surface area contributed by atoms with Gasteiger partial charge in [0.05, 0.1) is 23.5 Å². The molecule has 1 aliphatic heterocycles. The molecule has 14 heteroatoms. The first-order chi connectivity index (χ1) is 14.0. The molecule has 1 aromatic rings. The molecule has 1 heterocycles. The first kappa shape index (κ1) is 23.3. The van der Waals surface area contributed by atoms with Crippen molar-refractivity contribution >= 4 is 33.6 Å². The van der Waals surface area contributed by atoms with Gasteiger partial charge in [0.15, 0.2) is 5.25 Å². The van der Waals surface area contributed by atoms with E-state index in [1.54, 1.807) is 0 Å². The summed E-state index contributed by atoms with van der Waals surface area (Å²) in [7, 11) is -4.78. The van der Waals surface area contributed by atoms with Crippen LogP contribution in [0.5, 0.6) is 0 Å². The normalized spacial score (nSPS) is 16.7. The van der Waals surface area contributed by atoms with Gasteiger partial charge in [-0.25, -0.2) is 4.79 Å². The Balaban J connectivity index is 1.76. The van der Waals surface area contributed by atoms with Crippen LogP contribution in [0.15, 0.2) is 18.2 Å². The molecule has 0 spiro atoms. The van der Waals surface area contributed by atoms with Crippen LogP contribution in [0.25, 0.3) is 0 Å². The number of carbonyl (C=O) groups is 3. The number of hydroxylamine groups is 2. The van der Waals surface area contributed by atoms with Crippen molar-refractivity contribution in [3.8, 4) is 0 Å². The molecular weight excluding hydrogens is 426 g/mol. The van der Waals surface area contributed by atoms with Gasteiger partial charge < -0.3 is 15.3 Å². The van der Waals surface area contributed by atoms with Gasteiger partial charge in [0.2, 0.25) is 0 Å². The molecule has 30 heavy (non-hydrogen) atoms. The number of nitro benzene ring substituents is 1. The maximum atomic E-state index is 11.8. The average Bonchev–Trinajstić information content (AvgIpc) is 2.95. The Morgan fingerprint density at radius 3 is 2.63 bits per heavy atom. The molecule has 2 rings (SSSR count). The minimum atomic E-state index is -4.78. The summed E-state index contributed by atoms with van der Waals surface area (Å²) in [6.45, 7) is 0.137. The number of hydrogen-bond donors (Lipinski definition) is 3. The lowest BCUT2D eigenvalue weighted by Crippen LogP contribution is -2.36. The largest absolute Gasteiger partial charge is 0.391 e. The van der Waals surface area contributed by atoms with Crippen molar-refractivity contribution in [2.24, 2.45) is 0 Å². The third-order valence-electron chi connectivity index (χ3n) is 4.19. The zero-order chi connectivity index (χ0) is 22.5. The summed E-state index contributed by atoms with van der Waals surface area (Å²) in [6, 6.07) is 4.29. The van der Waals surface area contributed by atoms with Crippen LogP contribution in [-0.4, -0.2) is 57.6 Å². The maximum absolute atomic E-state index is 11.8. The molecule has 1 unspecified atom stereocenters. The smallest absolute Gasteiger partial charge is 0.333 e. The van der Waals surface area contributed by atoms with Crippen molar-refractivity contribution in [2.75, 3.05) is 6.54 Å². The second kappa shape index (κ2) is 9.71. The van der Waals surface area contributed by atoms with Crippen molar-refractivity contribution in [1.29, 1.82) is 0 Å². The van der Waals surface area contributed by atoms with Crippen LogP contribution in [0.2, 0.25) is 0 Å². The van der Waals surface area contributed by atoms with E-state index < -0.39 is 51.1 Å². The molecule has 13 nitrogen and oxygen atoms in total. The van der Waals surface area contributed by atoms with E-state index in [-0.39, 0.29) is 29.2 Å². The van der Waals surface area contributed by atoms with E-state index in [1.807, 2.05) is 0 Å². The number of nitrogens with zero attached hydrogens (tertiary/aromatic N) is 2. The van der Waals surface area contributed by atoms with Gasteiger partial charge in [0.1, 0.15) is 0 Å². The van der Waals surface area contributed by atoms with Crippen molar-refractivity contribution in [3.63, 3.8) is 0 Å². The number of nitrogens with one attached hydrogen (secondary N) is 1. The quantitative estimate of drug-likeness (QED) is 0.137. The number of imide groups is 1. The summed E-state index contributed by atoms with van der Waals surface area (Å²) >= 11 is 0. The minimum Gasteiger partial charge on any atom is -0.391 e. The van der Waals surface area contributed by atoms with Gasteiger partial charge in [-0.2, -0.15) is 8.42 Å². The van der Waals surface area contributed by atoms with Crippen LogP contribution in [0.3, 0.4) is 0 Å². The van der Waals surface area contributed by atoms with Crippen molar-refractivity contribution in [3.05, 3.63) is 39.4 Å². The lowest BCUT2D eigenvalue weighted by Gasteiger charge is -2.13. The van der Waals surface area contributed by atoms with E-state index in [0.29, 0.717) is 18.7 Å². The van der Waals surface area contributed by atoms with Gasteiger partial charge in [-0.3, -0.25) is 24.3 Å². The number of nitro groups is 1. The van der Waals surface area contributed by atoms with E-state index in [9.17, 15) is 38.0 Å². The molecule has 1 saturated heterocycles. The molecule has 1 aliphatic rings. The summed E-state index contributed by atoms with van der Waals surface area (Å²) in [5.74, 6) is -3.31. The Kier molecular flexibility index (Phi) is 7.55. The van der Waals surface area contributed by atoms with Crippen LogP contribution in [0.4, 0.5) is 5.69 Å². The molecule has 1 atom stereocenters. The maximum Gasteiger partial charge on any atom is 0.333 e. The highest BCUT2D eigenvalue weighted by Gasteiger charge is 2.48. The van der Waals surface area contributed by atoms with Crippen molar-refractivity contribution < 1.29 is 42.2 Å². The number of aliphatic hydroxyl groups is 1. The number of rotatable bonds is 10. The summed E-state index contributed by atoms with van der Waals surface area (Å²) in [5, 5.41) is 21.1. The second-order valence-corrected chi connectivity index (χ2v) is 7.95. The fraction of sp³-hybridized carbons (Fsp3) is 0.438. The molecular formula is C16H19N3O10S. The molecule has 0 saturated carbocycles. The highest BCUT2D eigenvalue weighted by molar-refractivity contribution is 7.87. The van der Waals surface area contributed by atoms with Crippen molar-refractivity contribution in [2.45, 2.75) is 37.7 Å². The van der Waals surface area contributed by atoms with Crippen LogP contribution in [-0.2, 0) is 42.5 Å². The Hall–Kier alpha value is -2.94. The van der Waals surface area contributed by atoms with E-state index in [4.69, 9.17) is 4.55 Å². The fourth-order valence-corrected chi connectivity index (χ4v) is 3.41. The molecule has 3 N–H and O–H groups in total. The standard InChI is InChI=1S/C16H19N3O10S/c20-9-11-6-10(3-4-12(11)19(24)25)8-17-5-1-2-15(22)29-18-14(21)7-13(16(18)23)30(26,27)28/h3-4,6,13,17,20H,1-2,5,7-9H2,(H,26,27,28). The predicted octanol–water partition coefficient (Wildman–Crippen LogP) is -0.570. The summed E-state index contributed by atoms with van der Waals surface area (Å²) in [5.41, 5.74) is 0.661. The SMILES string of the molecule is O=C(CCCNCc1ccc([N+](=O)[O-])c(CO)c1)ON1C(=O)CC(S(=O)(=O)O)C1=O. The molecule has 0 bridgehead atoms. The highest BCUT2D eigenvalue weighted by Crippen LogP contribution is 2.21. The van der Waals surface area contributed by atoms with Crippen LogP contribution in [0, 0.1) is 10.1 Å². The monoisotopic (exact) mass is 445 g/mol. The molecule has 1 aromatic carbocycles. The van der Waals surface area contributed by atoms with Crippen LogP contribution < -0.4 is 5.32 Å². The molecule has 0 radical (unpaired) electrons. The Morgan fingerprint density at radius 2 is 2.07 bits per heavy atom. The van der Waals surface area contributed by atoms with Gasteiger partial charge in [0, 0.05) is 19.0 Å². The zero-order valence-electron chi connectivity index (χ0n) is 15.5. The Bertz CT molecular complexity index is 962. The van der Waals surface area contributed by atoms with Gasteiger partial charge in [-0.1, -0.05) is 6.07 Å². The van der Waals surface area contributed by atoms with Gasteiger partial charge in [0.25, 0.3) is 27.6 Å². The first-order valence-electron chi connectivity index (χ1n) is 8.66. The molecule has 0 aromatic heterocycles. The van der Waals surface area contributed by atoms with E-state index >= 15 is 0 Å². The van der Waals surface area contributed by atoms with Crippen LogP contribution >= 0.6 is 0 Å². The molecule has 0 aliphatic carbocycles.